The van der Waals surface area contributed by atoms with Gasteiger partial charge in [-0.05, 0) is 23.6 Å². The number of halogens is 3. The monoisotopic (exact) mass is 447 g/mol. The Morgan fingerprint density at radius 1 is 1.16 bits per heavy atom. The van der Waals surface area contributed by atoms with Gasteiger partial charge in [0.1, 0.15) is 11.3 Å². The van der Waals surface area contributed by atoms with E-state index in [1.54, 1.807) is 24.3 Å². The second-order valence-corrected chi connectivity index (χ2v) is 7.46. The number of nitrogens with zero attached hydrogens (tertiary/aromatic N) is 3. The number of para-hydroxylation sites is 1. The number of carbonyl (C=O) groups excluding carboxylic acids is 1. The number of pyridine rings is 1. The molecule has 31 heavy (non-hydrogen) atoms. The number of alkyl halides is 3. The van der Waals surface area contributed by atoms with Gasteiger partial charge in [-0.25, -0.2) is 9.48 Å². The Bertz CT molecular complexity index is 1250. The van der Waals surface area contributed by atoms with Crippen LogP contribution in [0, 0.1) is 0 Å². The molecule has 0 N–H and O–H groups in total. The minimum absolute atomic E-state index is 0.0205. The Labute approximate surface area is 178 Å². The first-order valence-electron chi connectivity index (χ1n) is 9.05. The maximum Gasteiger partial charge on any atom is 0.418 e. The summed E-state index contributed by atoms with van der Waals surface area (Å²) in [5.74, 6) is -0.615. The highest BCUT2D eigenvalue weighted by atomic mass is 32.1. The van der Waals surface area contributed by atoms with Gasteiger partial charge in [0, 0.05) is 18.7 Å². The number of rotatable bonds is 5. The molecule has 0 amide bonds. The molecule has 160 valence electrons. The van der Waals surface area contributed by atoms with Crippen molar-refractivity contribution in [3.63, 3.8) is 0 Å². The molecule has 0 saturated heterocycles. The zero-order chi connectivity index (χ0) is 22.2. The highest BCUT2D eigenvalue weighted by molar-refractivity contribution is 7.13. The Balaban J connectivity index is 2.08. The van der Waals surface area contributed by atoms with E-state index in [1.807, 2.05) is 5.38 Å². The molecule has 0 radical (unpaired) electrons. The number of aromatic nitrogens is 3. The van der Waals surface area contributed by atoms with Crippen LogP contribution in [0.25, 0.3) is 27.2 Å². The molecule has 3 heterocycles. The average molecular weight is 447 g/mol. The summed E-state index contributed by atoms with van der Waals surface area (Å²) in [7, 11) is 2.72. The lowest BCUT2D eigenvalue weighted by molar-refractivity contribution is -0.136. The first kappa shape index (κ1) is 21.0. The summed E-state index contributed by atoms with van der Waals surface area (Å²) in [6, 6.07) is 9.01. The van der Waals surface area contributed by atoms with Gasteiger partial charge in [-0.1, -0.05) is 18.2 Å². The molecule has 3 aromatic heterocycles. The highest BCUT2D eigenvalue weighted by Crippen LogP contribution is 2.38. The molecule has 10 heteroatoms. The van der Waals surface area contributed by atoms with E-state index in [-0.39, 0.29) is 23.1 Å². The minimum Gasteiger partial charge on any atom is -0.465 e. The van der Waals surface area contributed by atoms with E-state index in [2.05, 4.69) is 10.1 Å². The fraction of sp³-hybridized carbons (Fsp3) is 0.190. The van der Waals surface area contributed by atoms with Crippen LogP contribution >= 0.6 is 11.3 Å². The van der Waals surface area contributed by atoms with Crippen LogP contribution in [0.2, 0.25) is 0 Å². The van der Waals surface area contributed by atoms with E-state index in [9.17, 15) is 18.0 Å². The van der Waals surface area contributed by atoms with Crippen LogP contribution in [-0.4, -0.2) is 35.0 Å². The summed E-state index contributed by atoms with van der Waals surface area (Å²) in [5.41, 5.74) is 0.235. The van der Waals surface area contributed by atoms with Crippen molar-refractivity contribution in [2.24, 2.45) is 0 Å². The van der Waals surface area contributed by atoms with Gasteiger partial charge >= 0.3 is 12.1 Å². The molecule has 0 bridgehead atoms. The van der Waals surface area contributed by atoms with Crippen LogP contribution in [0.1, 0.15) is 21.6 Å². The van der Waals surface area contributed by atoms with E-state index in [0.29, 0.717) is 22.0 Å². The number of benzene rings is 1. The van der Waals surface area contributed by atoms with Crippen LogP contribution in [0.4, 0.5) is 13.2 Å². The Kier molecular flexibility index (Phi) is 5.50. The lowest BCUT2D eigenvalue weighted by atomic mass is 10.1. The summed E-state index contributed by atoms with van der Waals surface area (Å²) in [6.07, 6.45) is -3.27. The van der Waals surface area contributed by atoms with Crippen LogP contribution in [0.15, 0.2) is 48.0 Å². The zero-order valence-corrected chi connectivity index (χ0v) is 17.3. The van der Waals surface area contributed by atoms with Crippen molar-refractivity contribution in [1.82, 2.24) is 14.8 Å². The number of hydrogen-bond donors (Lipinski definition) is 0. The van der Waals surface area contributed by atoms with Gasteiger partial charge in [0.05, 0.1) is 41.1 Å². The summed E-state index contributed by atoms with van der Waals surface area (Å²) in [4.78, 5) is 17.3. The van der Waals surface area contributed by atoms with Crippen LogP contribution in [0.5, 0.6) is 0 Å². The molecule has 0 fully saturated rings. The molecule has 0 aliphatic heterocycles. The van der Waals surface area contributed by atoms with Crippen molar-refractivity contribution in [3.8, 4) is 16.3 Å². The third-order valence-electron chi connectivity index (χ3n) is 4.66. The minimum atomic E-state index is -4.57. The number of esters is 1. The van der Waals surface area contributed by atoms with E-state index >= 15 is 0 Å². The predicted octanol–water partition coefficient (Wildman–Crippen LogP) is 5.10. The van der Waals surface area contributed by atoms with Crippen molar-refractivity contribution >= 4 is 28.2 Å². The van der Waals surface area contributed by atoms with E-state index in [4.69, 9.17) is 9.47 Å². The molecule has 0 saturated carbocycles. The van der Waals surface area contributed by atoms with Gasteiger partial charge in [0.25, 0.3) is 0 Å². The molecule has 4 aromatic rings. The Morgan fingerprint density at radius 3 is 2.61 bits per heavy atom. The molecular weight excluding hydrogens is 431 g/mol. The third kappa shape index (κ3) is 3.68. The van der Waals surface area contributed by atoms with Gasteiger partial charge in [0.2, 0.25) is 0 Å². The first-order chi connectivity index (χ1) is 14.9. The molecule has 0 unspecified atom stereocenters. The number of thiophene rings is 1. The molecule has 0 spiro atoms. The number of hydrogen-bond acceptors (Lipinski definition) is 6. The van der Waals surface area contributed by atoms with Gasteiger partial charge in [-0.2, -0.15) is 18.3 Å². The zero-order valence-electron chi connectivity index (χ0n) is 16.4. The maximum atomic E-state index is 13.5. The fourth-order valence-electron chi connectivity index (χ4n) is 3.41. The van der Waals surface area contributed by atoms with Crippen LogP contribution < -0.4 is 0 Å². The van der Waals surface area contributed by atoms with Crippen molar-refractivity contribution < 1.29 is 27.4 Å². The van der Waals surface area contributed by atoms with Crippen LogP contribution in [-0.2, 0) is 22.3 Å². The number of fused-ring (bicyclic) bond motifs is 1. The first-order valence-corrected chi connectivity index (χ1v) is 9.93. The predicted molar refractivity (Wildman–Crippen MR) is 109 cm³/mol. The molecule has 0 atom stereocenters. The topological polar surface area (TPSA) is 66.2 Å². The average Bonchev–Trinajstić information content (AvgIpc) is 3.39. The molecule has 6 nitrogen and oxygen atoms in total. The molecular formula is C21H16F3N3O3S. The highest BCUT2D eigenvalue weighted by Gasteiger charge is 2.34. The quantitative estimate of drug-likeness (QED) is 0.398. The fourth-order valence-corrected chi connectivity index (χ4v) is 4.17. The smallest absolute Gasteiger partial charge is 0.418 e. The lowest BCUT2D eigenvalue weighted by Crippen LogP contribution is -2.08. The van der Waals surface area contributed by atoms with Crippen molar-refractivity contribution in [2.75, 3.05) is 14.2 Å². The summed E-state index contributed by atoms with van der Waals surface area (Å²) < 4.78 is 52.2. The second kappa shape index (κ2) is 8.12. The Hall–Kier alpha value is -3.24. The molecule has 0 aliphatic rings. The van der Waals surface area contributed by atoms with Crippen molar-refractivity contribution in [2.45, 2.75) is 12.8 Å². The van der Waals surface area contributed by atoms with Gasteiger partial charge < -0.3 is 9.47 Å². The number of ether oxygens (including phenoxy) is 2. The number of carbonyl (C=O) groups is 1. The maximum absolute atomic E-state index is 13.5. The summed E-state index contributed by atoms with van der Waals surface area (Å²) in [5, 5.41) is 6.60. The molecule has 0 aliphatic carbocycles. The second-order valence-electron chi connectivity index (χ2n) is 6.51. The largest absolute Gasteiger partial charge is 0.465 e. The van der Waals surface area contributed by atoms with Crippen molar-refractivity contribution in [3.05, 3.63) is 64.8 Å². The van der Waals surface area contributed by atoms with Gasteiger partial charge in [0.15, 0.2) is 0 Å². The van der Waals surface area contributed by atoms with Gasteiger partial charge in [-0.3, -0.25) is 4.98 Å². The standard InChI is InChI=1S/C21H16F3N3O3S/c1-29-11-14-17(20(28)30-2)19(16-7-4-10-31-16)27(26-14)15-8-9-25-18-12(15)5-3-6-13(18)21(22,23)24/h3-10H,11H2,1-2H3. The lowest BCUT2D eigenvalue weighted by Gasteiger charge is -2.13. The van der Waals surface area contributed by atoms with E-state index in [0.717, 1.165) is 6.07 Å². The normalized spacial score (nSPS) is 11.8. The van der Waals surface area contributed by atoms with E-state index in [1.165, 1.54) is 42.5 Å². The van der Waals surface area contributed by atoms with Crippen LogP contribution in [0.3, 0.4) is 0 Å². The summed E-state index contributed by atoms with van der Waals surface area (Å²) >= 11 is 1.37. The third-order valence-corrected chi connectivity index (χ3v) is 5.54. The Morgan fingerprint density at radius 2 is 1.97 bits per heavy atom. The van der Waals surface area contributed by atoms with Crippen molar-refractivity contribution in [1.29, 1.82) is 0 Å². The SMILES string of the molecule is COCc1nn(-c2ccnc3c(C(F)(F)F)cccc23)c(-c2cccs2)c1C(=O)OC. The van der Waals surface area contributed by atoms with E-state index < -0.39 is 17.7 Å². The number of methoxy groups -OCH3 is 2. The summed E-state index contributed by atoms with van der Waals surface area (Å²) in [6.45, 7) is 0.0205. The molecule has 4 rings (SSSR count). The molecule has 1 aromatic carbocycles. The van der Waals surface area contributed by atoms with Gasteiger partial charge in [-0.15, -0.1) is 11.3 Å².